The van der Waals surface area contributed by atoms with Crippen molar-refractivity contribution in [3.63, 3.8) is 0 Å². The Morgan fingerprint density at radius 1 is 1.40 bits per heavy atom. The van der Waals surface area contributed by atoms with E-state index in [4.69, 9.17) is 10.1 Å². The van der Waals surface area contributed by atoms with Gasteiger partial charge in [0, 0.05) is 5.41 Å². The van der Waals surface area contributed by atoms with Crippen molar-refractivity contribution in [2.24, 2.45) is 5.41 Å². The van der Waals surface area contributed by atoms with Crippen molar-refractivity contribution in [3.05, 3.63) is 11.8 Å². The zero-order valence-corrected chi connectivity index (χ0v) is 7.06. The second-order valence-electron chi connectivity index (χ2n) is 3.14. The molecule has 0 aromatic heterocycles. The first-order valence-corrected chi connectivity index (χ1v) is 3.34. The molecule has 1 N–H and O–H groups in total. The number of nitrogens with one attached hydrogen (secondary N) is 1. The van der Waals surface area contributed by atoms with Crippen LogP contribution < -0.4 is 0 Å². The highest BCUT2D eigenvalue weighted by molar-refractivity contribution is 5.44. The van der Waals surface area contributed by atoms with Crippen LogP contribution in [0.4, 0.5) is 0 Å². The Hall–Kier alpha value is -0.790. The van der Waals surface area contributed by atoms with Crippen LogP contribution in [0.3, 0.4) is 0 Å². The lowest BCUT2D eigenvalue weighted by Gasteiger charge is -2.20. The molecule has 0 rings (SSSR count). The molecule has 0 fully saturated rings. The quantitative estimate of drug-likeness (QED) is 0.358. The molecule has 0 radical (unpaired) electrons. The normalized spacial score (nSPS) is 13.0. The second-order valence-corrected chi connectivity index (χ2v) is 3.14. The molecule has 0 aliphatic heterocycles. The van der Waals surface area contributed by atoms with Crippen LogP contribution in [0.15, 0.2) is 11.8 Å². The second kappa shape index (κ2) is 3.40. The summed E-state index contributed by atoms with van der Waals surface area (Å²) >= 11 is 0. The van der Waals surface area contributed by atoms with Gasteiger partial charge in [0.15, 0.2) is 6.40 Å². The monoisotopic (exact) mass is 141 g/mol. The maximum Gasteiger partial charge on any atom is 0.173 e. The Bertz CT molecular complexity index is 142. The van der Waals surface area contributed by atoms with Crippen LogP contribution in [-0.4, -0.2) is 6.40 Å². The van der Waals surface area contributed by atoms with E-state index in [0.717, 1.165) is 12.2 Å². The van der Waals surface area contributed by atoms with Crippen LogP contribution in [0.2, 0.25) is 0 Å². The maximum atomic E-state index is 6.73. The summed E-state index contributed by atoms with van der Waals surface area (Å²) in [7, 11) is 0. The standard InChI is InChI=1S/C8H15NO/c1-5-7(10-6-9)8(2,3)4/h5-6,9H,1-4H3/b7-5-,9-6?. The van der Waals surface area contributed by atoms with Gasteiger partial charge in [-0.15, -0.1) is 0 Å². The minimum absolute atomic E-state index is 0.00625. The highest BCUT2D eigenvalue weighted by Crippen LogP contribution is 2.24. The van der Waals surface area contributed by atoms with E-state index < -0.39 is 0 Å². The molecule has 2 heteroatoms. The van der Waals surface area contributed by atoms with E-state index in [1.165, 1.54) is 0 Å². The lowest BCUT2D eigenvalue weighted by Crippen LogP contribution is -2.11. The number of ether oxygens (including phenoxy) is 1. The first-order chi connectivity index (χ1) is 4.52. The van der Waals surface area contributed by atoms with Gasteiger partial charge in [0.05, 0.1) is 0 Å². The van der Waals surface area contributed by atoms with Gasteiger partial charge in [-0.1, -0.05) is 20.8 Å². The van der Waals surface area contributed by atoms with Crippen molar-refractivity contribution in [1.29, 1.82) is 5.41 Å². The minimum atomic E-state index is 0.00625. The molecule has 0 aromatic carbocycles. The van der Waals surface area contributed by atoms with Gasteiger partial charge in [0.25, 0.3) is 0 Å². The van der Waals surface area contributed by atoms with Crippen LogP contribution in [0, 0.1) is 10.8 Å². The molecule has 0 spiro atoms. The molecule has 10 heavy (non-hydrogen) atoms. The molecule has 0 aliphatic carbocycles. The van der Waals surface area contributed by atoms with Crippen LogP contribution in [-0.2, 0) is 4.74 Å². The van der Waals surface area contributed by atoms with Gasteiger partial charge in [0.1, 0.15) is 5.76 Å². The Morgan fingerprint density at radius 3 is 2.00 bits per heavy atom. The molecular formula is C8H15NO. The summed E-state index contributed by atoms with van der Waals surface area (Å²) in [6.45, 7) is 8.05. The maximum absolute atomic E-state index is 6.73. The first kappa shape index (κ1) is 9.21. The number of allylic oxidation sites excluding steroid dienone is 2. The fraction of sp³-hybridized carbons (Fsp3) is 0.625. The lowest BCUT2D eigenvalue weighted by atomic mass is 9.94. The number of rotatable bonds is 2. The molecule has 0 aromatic rings. The number of hydrogen-bond donors (Lipinski definition) is 1. The molecular weight excluding hydrogens is 126 g/mol. The largest absolute Gasteiger partial charge is 0.451 e. The summed E-state index contributed by atoms with van der Waals surface area (Å²) in [4.78, 5) is 0. The summed E-state index contributed by atoms with van der Waals surface area (Å²) < 4.78 is 4.96. The topological polar surface area (TPSA) is 33.1 Å². The smallest absolute Gasteiger partial charge is 0.173 e. The van der Waals surface area contributed by atoms with Gasteiger partial charge in [0.2, 0.25) is 0 Å². The van der Waals surface area contributed by atoms with Gasteiger partial charge in [-0.05, 0) is 13.0 Å². The van der Waals surface area contributed by atoms with E-state index in [9.17, 15) is 0 Å². The molecule has 0 atom stereocenters. The third-order valence-corrected chi connectivity index (χ3v) is 1.19. The third-order valence-electron chi connectivity index (χ3n) is 1.19. The Balaban J connectivity index is 4.23. The van der Waals surface area contributed by atoms with Crippen molar-refractivity contribution in [2.45, 2.75) is 27.7 Å². The van der Waals surface area contributed by atoms with E-state index >= 15 is 0 Å². The molecule has 2 nitrogen and oxygen atoms in total. The molecule has 0 saturated heterocycles. The lowest BCUT2D eigenvalue weighted by molar-refractivity contribution is 0.292. The summed E-state index contributed by atoms with van der Waals surface area (Å²) in [5.74, 6) is 0.836. The molecule has 0 heterocycles. The van der Waals surface area contributed by atoms with Gasteiger partial charge in [-0.3, -0.25) is 5.41 Å². The van der Waals surface area contributed by atoms with Crippen LogP contribution in [0.25, 0.3) is 0 Å². The highest BCUT2D eigenvalue weighted by atomic mass is 16.5. The minimum Gasteiger partial charge on any atom is -0.451 e. The molecule has 0 unspecified atom stereocenters. The molecule has 0 bridgehead atoms. The van der Waals surface area contributed by atoms with Crippen molar-refractivity contribution < 1.29 is 4.74 Å². The zero-order chi connectivity index (χ0) is 8.20. The van der Waals surface area contributed by atoms with Gasteiger partial charge in [-0.2, -0.15) is 0 Å². The SMILES string of the molecule is C/C=C(\OC=N)C(C)(C)C. The average Bonchev–Trinajstić information content (AvgIpc) is 1.80. The van der Waals surface area contributed by atoms with Crippen molar-refractivity contribution in [2.75, 3.05) is 0 Å². The van der Waals surface area contributed by atoms with Crippen LogP contribution >= 0.6 is 0 Å². The van der Waals surface area contributed by atoms with Gasteiger partial charge < -0.3 is 4.74 Å². The predicted molar refractivity (Wildman–Crippen MR) is 43.1 cm³/mol. The van der Waals surface area contributed by atoms with E-state index in [2.05, 4.69) is 0 Å². The molecule has 0 saturated carbocycles. The first-order valence-electron chi connectivity index (χ1n) is 3.34. The summed E-state index contributed by atoms with van der Waals surface area (Å²) in [6.07, 6.45) is 2.84. The van der Waals surface area contributed by atoms with Crippen LogP contribution in [0.1, 0.15) is 27.7 Å². The molecule has 58 valence electrons. The fourth-order valence-corrected chi connectivity index (χ4v) is 0.741. The van der Waals surface area contributed by atoms with Crippen molar-refractivity contribution in [3.8, 4) is 0 Å². The predicted octanol–water partition coefficient (Wildman–Crippen LogP) is 2.56. The van der Waals surface area contributed by atoms with Gasteiger partial charge in [-0.25, -0.2) is 0 Å². The van der Waals surface area contributed by atoms with E-state index in [1.807, 2.05) is 33.8 Å². The Morgan fingerprint density at radius 2 is 1.90 bits per heavy atom. The zero-order valence-electron chi connectivity index (χ0n) is 7.06. The number of hydrogen-bond acceptors (Lipinski definition) is 2. The fourth-order valence-electron chi connectivity index (χ4n) is 0.741. The van der Waals surface area contributed by atoms with Crippen molar-refractivity contribution >= 4 is 6.40 Å². The Kier molecular flexibility index (Phi) is 3.13. The summed E-state index contributed by atoms with van der Waals surface area (Å²) in [6, 6.07) is 0. The van der Waals surface area contributed by atoms with E-state index in [0.29, 0.717) is 0 Å². The van der Waals surface area contributed by atoms with Crippen LogP contribution in [0.5, 0.6) is 0 Å². The van der Waals surface area contributed by atoms with Gasteiger partial charge >= 0.3 is 0 Å². The van der Waals surface area contributed by atoms with Crippen molar-refractivity contribution in [1.82, 2.24) is 0 Å². The summed E-state index contributed by atoms with van der Waals surface area (Å²) in [5.41, 5.74) is 0.00625. The highest BCUT2D eigenvalue weighted by Gasteiger charge is 2.16. The average molecular weight is 141 g/mol. The van der Waals surface area contributed by atoms with E-state index in [1.54, 1.807) is 0 Å². The summed E-state index contributed by atoms with van der Waals surface area (Å²) in [5, 5.41) is 6.73. The third kappa shape index (κ3) is 2.67. The van der Waals surface area contributed by atoms with E-state index in [-0.39, 0.29) is 5.41 Å². The Labute approximate surface area is 62.4 Å². The molecule has 0 amide bonds. The molecule has 0 aliphatic rings.